The molecular weight excluding hydrogens is 386 g/mol. The van der Waals surface area contributed by atoms with E-state index in [1.807, 2.05) is 6.07 Å². The third-order valence-electron chi connectivity index (χ3n) is 3.66. The summed E-state index contributed by atoms with van der Waals surface area (Å²) in [6, 6.07) is 12.0. The molecule has 0 radical (unpaired) electrons. The molecule has 3 rings (SSSR count). The zero-order valence-electron chi connectivity index (χ0n) is 14.3. The van der Waals surface area contributed by atoms with Crippen LogP contribution in [0, 0.1) is 12.3 Å². The molecule has 0 spiro atoms. The zero-order valence-corrected chi connectivity index (χ0v) is 15.8. The topological polar surface area (TPSA) is 55.8 Å². The molecule has 2 aromatic carbocycles. The Balaban J connectivity index is 1.93. The van der Waals surface area contributed by atoms with Crippen LogP contribution in [0.5, 0.6) is 11.5 Å². The number of anilines is 1. The fourth-order valence-electron chi connectivity index (χ4n) is 2.50. The van der Waals surface area contributed by atoms with Gasteiger partial charge in [0.25, 0.3) is 11.1 Å². The number of rotatable bonds is 5. The maximum Gasteiger partial charge on any atom is 0.298 e. The molecule has 7 heteroatoms. The first-order valence-electron chi connectivity index (χ1n) is 7.82. The summed E-state index contributed by atoms with van der Waals surface area (Å²) in [7, 11) is 1.47. The molecule has 1 fully saturated rings. The number of para-hydroxylation sites is 1. The van der Waals surface area contributed by atoms with Gasteiger partial charge >= 0.3 is 0 Å². The summed E-state index contributed by atoms with van der Waals surface area (Å²) >= 11 is 7.12. The van der Waals surface area contributed by atoms with Gasteiger partial charge in [0.2, 0.25) is 0 Å². The number of carbonyl (C=O) groups is 2. The van der Waals surface area contributed by atoms with Crippen LogP contribution >= 0.6 is 23.4 Å². The van der Waals surface area contributed by atoms with Crippen molar-refractivity contribution in [2.45, 2.75) is 0 Å². The number of carbonyl (C=O) groups excluding carboxylic acids is 2. The monoisotopic (exact) mass is 399 g/mol. The lowest BCUT2D eigenvalue weighted by atomic mass is 10.1. The van der Waals surface area contributed by atoms with Gasteiger partial charge in [-0.3, -0.25) is 9.59 Å². The van der Waals surface area contributed by atoms with Crippen molar-refractivity contribution in [1.82, 2.24) is 0 Å². The Hall–Kier alpha value is -2.88. The van der Waals surface area contributed by atoms with Crippen LogP contribution in [0.2, 0.25) is 5.02 Å². The van der Waals surface area contributed by atoms with Gasteiger partial charge in [-0.1, -0.05) is 35.7 Å². The Kier molecular flexibility index (Phi) is 5.75. The maximum absolute atomic E-state index is 12.7. The van der Waals surface area contributed by atoms with Crippen LogP contribution in [-0.2, 0) is 4.79 Å². The molecule has 136 valence electrons. The number of hydrogen-bond donors (Lipinski definition) is 0. The van der Waals surface area contributed by atoms with Crippen LogP contribution in [0.3, 0.4) is 0 Å². The van der Waals surface area contributed by atoms with E-state index in [2.05, 4.69) is 5.92 Å². The summed E-state index contributed by atoms with van der Waals surface area (Å²) in [5.74, 6) is 2.68. The van der Waals surface area contributed by atoms with Crippen molar-refractivity contribution in [3.8, 4) is 23.8 Å². The standard InChI is InChI=1S/C20H14ClNO4S/c1-3-9-26-18-15(21)10-13(11-16(18)25-2)12-17-19(23)22(20(24)27-17)14-7-5-4-6-8-14/h1,4-8,10-12H,9H2,2H3. The molecule has 0 unspecified atom stereocenters. The van der Waals surface area contributed by atoms with E-state index in [-0.39, 0.29) is 22.8 Å². The molecule has 0 aliphatic carbocycles. The Bertz CT molecular complexity index is 966. The average Bonchev–Trinajstić information content (AvgIpc) is 2.94. The van der Waals surface area contributed by atoms with Crippen molar-refractivity contribution in [2.75, 3.05) is 18.6 Å². The number of thioether (sulfide) groups is 1. The van der Waals surface area contributed by atoms with Crippen molar-refractivity contribution in [3.05, 3.63) is 58.0 Å². The van der Waals surface area contributed by atoms with Gasteiger partial charge in [-0.25, -0.2) is 4.90 Å². The predicted molar refractivity (Wildman–Crippen MR) is 107 cm³/mol. The summed E-state index contributed by atoms with van der Waals surface area (Å²) < 4.78 is 10.7. The van der Waals surface area contributed by atoms with E-state index in [0.717, 1.165) is 16.7 Å². The minimum absolute atomic E-state index is 0.0470. The van der Waals surface area contributed by atoms with E-state index in [1.54, 1.807) is 42.5 Å². The second-order valence-corrected chi connectivity index (χ2v) is 6.78. The minimum atomic E-state index is -0.390. The van der Waals surface area contributed by atoms with Gasteiger partial charge in [0.1, 0.15) is 6.61 Å². The lowest BCUT2D eigenvalue weighted by Crippen LogP contribution is -2.27. The van der Waals surface area contributed by atoms with Gasteiger partial charge in [-0.15, -0.1) is 6.42 Å². The lowest BCUT2D eigenvalue weighted by Gasteiger charge is -2.12. The second kappa shape index (κ2) is 8.21. The van der Waals surface area contributed by atoms with E-state index in [9.17, 15) is 9.59 Å². The third-order valence-corrected chi connectivity index (χ3v) is 4.81. The molecule has 27 heavy (non-hydrogen) atoms. The molecule has 0 saturated carbocycles. The predicted octanol–water partition coefficient (Wildman–Crippen LogP) is 4.60. The highest BCUT2D eigenvalue weighted by molar-refractivity contribution is 8.19. The van der Waals surface area contributed by atoms with Gasteiger partial charge < -0.3 is 9.47 Å². The van der Waals surface area contributed by atoms with Crippen LogP contribution in [0.15, 0.2) is 47.4 Å². The largest absolute Gasteiger partial charge is 0.493 e. The number of terminal acetylenes is 1. The van der Waals surface area contributed by atoms with Gasteiger partial charge in [0.05, 0.1) is 22.7 Å². The summed E-state index contributed by atoms with van der Waals surface area (Å²) in [5, 5.41) is -0.0670. The molecule has 2 amide bonds. The fraction of sp³-hybridized carbons (Fsp3) is 0.100. The summed E-state index contributed by atoms with van der Waals surface area (Å²) in [6.07, 6.45) is 6.79. The summed E-state index contributed by atoms with van der Waals surface area (Å²) in [4.78, 5) is 26.4. The average molecular weight is 400 g/mol. The van der Waals surface area contributed by atoms with E-state index in [4.69, 9.17) is 27.5 Å². The fourth-order valence-corrected chi connectivity index (χ4v) is 3.61. The van der Waals surface area contributed by atoms with Gasteiger partial charge in [-0.2, -0.15) is 0 Å². The summed E-state index contributed by atoms with van der Waals surface area (Å²) in [6.45, 7) is 0.0470. The summed E-state index contributed by atoms with van der Waals surface area (Å²) in [5.41, 5.74) is 1.13. The molecular formula is C20H14ClNO4S. The van der Waals surface area contributed by atoms with E-state index < -0.39 is 0 Å². The highest BCUT2D eigenvalue weighted by Gasteiger charge is 2.36. The number of halogens is 1. The molecule has 1 aliphatic rings. The number of hydrogen-bond acceptors (Lipinski definition) is 5. The molecule has 1 saturated heterocycles. The van der Waals surface area contributed by atoms with Gasteiger partial charge in [0, 0.05) is 0 Å². The van der Waals surface area contributed by atoms with Crippen molar-refractivity contribution in [1.29, 1.82) is 0 Å². The van der Waals surface area contributed by atoms with Crippen molar-refractivity contribution >= 4 is 46.3 Å². The van der Waals surface area contributed by atoms with Crippen LogP contribution in [-0.4, -0.2) is 24.9 Å². The Morgan fingerprint density at radius 3 is 2.67 bits per heavy atom. The Morgan fingerprint density at radius 2 is 2.00 bits per heavy atom. The van der Waals surface area contributed by atoms with E-state index >= 15 is 0 Å². The first kappa shape index (κ1) is 18.9. The molecule has 0 atom stereocenters. The normalized spacial score (nSPS) is 15.1. The van der Waals surface area contributed by atoms with Crippen LogP contribution in [0.4, 0.5) is 10.5 Å². The first-order valence-corrected chi connectivity index (χ1v) is 9.01. The number of amides is 2. The highest BCUT2D eigenvalue weighted by Crippen LogP contribution is 2.39. The van der Waals surface area contributed by atoms with Gasteiger partial charge in [-0.05, 0) is 47.7 Å². The van der Waals surface area contributed by atoms with Crippen LogP contribution < -0.4 is 14.4 Å². The highest BCUT2D eigenvalue weighted by atomic mass is 35.5. The lowest BCUT2D eigenvalue weighted by molar-refractivity contribution is -0.113. The van der Waals surface area contributed by atoms with Crippen molar-refractivity contribution < 1.29 is 19.1 Å². The number of methoxy groups -OCH3 is 1. The maximum atomic E-state index is 12.7. The Labute approximate surface area is 165 Å². The molecule has 0 N–H and O–H groups in total. The number of ether oxygens (including phenoxy) is 2. The molecule has 0 bridgehead atoms. The third kappa shape index (κ3) is 3.95. The van der Waals surface area contributed by atoms with E-state index in [0.29, 0.717) is 27.7 Å². The van der Waals surface area contributed by atoms with E-state index in [1.165, 1.54) is 7.11 Å². The second-order valence-electron chi connectivity index (χ2n) is 5.38. The number of nitrogens with zero attached hydrogens (tertiary/aromatic N) is 1. The number of imide groups is 1. The van der Waals surface area contributed by atoms with Crippen LogP contribution in [0.25, 0.3) is 6.08 Å². The van der Waals surface area contributed by atoms with Crippen LogP contribution in [0.1, 0.15) is 5.56 Å². The first-order chi connectivity index (χ1) is 13.0. The van der Waals surface area contributed by atoms with Crippen molar-refractivity contribution in [2.24, 2.45) is 0 Å². The molecule has 2 aromatic rings. The quantitative estimate of drug-likeness (QED) is 0.543. The number of benzene rings is 2. The molecule has 5 nitrogen and oxygen atoms in total. The Morgan fingerprint density at radius 1 is 1.26 bits per heavy atom. The minimum Gasteiger partial charge on any atom is -0.493 e. The SMILES string of the molecule is C#CCOc1c(Cl)cc(C=C2SC(=O)N(c3ccccc3)C2=O)cc1OC. The smallest absolute Gasteiger partial charge is 0.298 e. The molecule has 0 aromatic heterocycles. The van der Waals surface area contributed by atoms with Crippen molar-refractivity contribution in [3.63, 3.8) is 0 Å². The molecule has 1 heterocycles. The van der Waals surface area contributed by atoms with Gasteiger partial charge in [0.15, 0.2) is 11.5 Å². The molecule has 1 aliphatic heterocycles. The zero-order chi connectivity index (χ0) is 19.4.